The van der Waals surface area contributed by atoms with Crippen molar-refractivity contribution in [3.63, 3.8) is 0 Å². The van der Waals surface area contributed by atoms with E-state index in [4.69, 9.17) is 11.6 Å². The molecule has 1 heterocycles. The Morgan fingerprint density at radius 1 is 1.03 bits per heavy atom. The van der Waals surface area contributed by atoms with Gasteiger partial charge in [0.1, 0.15) is 5.69 Å². The van der Waals surface area contributed by atoms with Crippen LogP contribution in [0.25, 0.3) is 11.1 Å². The van der Waals surface area contributed by atoms with E-state index in [-0.39, 0.29) is 28.5 Å². The zero-order valence-corrected chi connectivity index (χ0v) is 17.4. The fourth-order valence-electron chi connectivity index (χ4n) is 3.60. The van der Waals surface area contributed by atoms with Crippen LogP contribution in [0.2, 0.25) is 5.02 Å². The lowest BCUT2D eigenvalue weighted by molar-refractivity contribution is -0.143. The maximum Gasteiger partial charge on any atom is 0.432 e. The third kappa shape index (κ3) is 4.09. The van der Waals surface area contributed by atoms with Gasteiger partial charge in [0.2, 0.25) is 0 Å². The Morgan fingerprint density at radius 2 is 1.58 bits per heavy atom. The van der Waals surface area contributed by atoms with Crippen LogP contribution in [0.5, 0.6) is 0 Å². The molecule has 168 valence electrons. The van der Waals surface area contributed by atoms with Crippen LogP contribution in [0.4, 0.5) is 13.2 Å². The van der Waals surface area contributed by atoms with E-state index in [9.17, 15) is 42.6 Å². The molecule has 8 nitrogen and oxygen atoms in total. The maximum absolute atomic E-state index is 13.9. The predicted molar refractivity (Wildman–Crippen MR) is 105 cm³/mol. The van der Waals surface area contributed by atoms with Crippen molar-refractivity contribution >= 4 is 23.5 Å². The highest BCUT2D eigenvalue weighted by Gasteiger charge is 2.41. The Bertz CT molecular complexity index is 1200. The molecule has 3 N–H and O–H groups in total. The molecule has 0 saturated carbocycles. The number of alkyl halides is 3. The molecule has 2 aromatic rings. The second-order valence-electron chi connectivity index (χ2n) is 6.65. The van der Waals surface area contributed by atoms with Crippen molar-refractivity contribution in [3.05, 3.63) is 53.8 Å². The Morgan fingerprint density at radius 3 is 2.00 bits per heavy atom. The first-order chi connectivity index (χ1) is 14.3. The number of carboxylic acid groups (broad SMARTS) is 2. The normalized spacial score (nSPS) is 11.6. The molecule has 0 fully saturated rings. The van der Waals surface area contributed by atoms with Crippen LogP contribution in [0.1, 0.15) is 57.8 Å². The van der Waals surface area contributed by atoms with E-state index in [0.717, 1.165) is 7.05 Å². The van der Waals surface area contributed by atoms with Gasteiger partial charge in [-0.3, -0.25) is 14.3 Å². The molecule has 2 rings (SSSR count). The van der Waals surface area contributed by atoms with Crippen molar-refractivity contribution in [3.8, 4) is 11.1 Å². The van der Waals surface area contributed by atoms with Crippen LogP contribution in [0, 0.1) is 0 Å². The molecular weight excluding hydrogens is 445 g/mol. The van der Waals surface area contributed by atoms with Gasteiger partial charge in [-0.1, -0.05) is 31.9 Å². The van der Waals surface area contributed by atoms with Gasteiger partial charge in [-0.15, -0.1) is 0 Å². The van der Waals surface area contributed by atoms with Gasteiger partial charge in [-0.05, 0) is 24.0 Å². The van der Waals surface area contributed by atoms with Gasteiger partial charge in [0.15, 0.2) is 0 Å². The smallest absolute Gasteiger partial charge is 0.432 e. The van der Waals surface area contributed by atoms with Gasteiger partial charge >= 0.3 is 23.8 Å². The molecule has 0 unspecified atom stereocenters. The lowest BCUT2D eigenvalue weighted by Gasteiger charge is -2.23. The van der Waals surface area contributed by atoms with Gasteiger partial charge in [-0.25, -0.2) is 14.4 Å². The summed E-state index contributed by atoms with van der Waals surface area (Å²) in [5.74, 6) is -3.66. The number of carboxylic acids is 2. The molecule has 31 heavy (non-hydrogen) atoms. The average Bonchev–Trinajstić information content (AvgIpc) is 2.64. The molecule has 0 spiro atoms. The number of hydrogen-bond acceptors (Lipinski definition) is 4. The minimum Gasteiger partial charge on any atom is -0.478 e. The molecule has 0 saturated heterocycles. The largest absolute Gasteiger partial charge is 0.478 e. The van der Waals surface area contributed by atoms with Crippen LogP contribution < -0.4 is 11.2 Å². The summed E-state index contributed by atoms with van der Waals surface area (Å²) in [6.45, 7) is 3.21. The van der Waals surface area contributed by atoms with Gasteiger partial charge in [0, 0.05) is 12.6 Å². The number of rotatable bonds is 6. The molecule has 0 radical (unpaired) electrons. The third-order valence-corrected chi connectivity index (χ3v) is 5.19. The van der Waals surface area contributed by atoms with E-state index in [2.05, 4.69) is 0 Å². The Hall–Kier alpha value is -3.08. The van der Waals surface area contributed by atoms with Gasteiger partial charge in [-0.2, -0.15) is 13.2 Å². The number of aromatic carboxylic acids is 2. The summed E-state index contributed by atoms with van der Waals surface area (Å²) in [6.07, 6.45) is -4.75. The number of halogens is 4. The SMILES string of the molecule is CCCc1c(Cl)c(C(=O)O)c(C(=O)O)c(-c2c(C(F)(F)F)n(C)c(=O)[nH]c2=O)c1CC. The first kappa shape index (κ1) is 24.2. The molecule has 0 aliphatic rings. The second-order valence-corrected chi connectivity index (χ2v) is 7.03. The first-order valence-corrected chi connectivity index (χ1v) is 9.41. The summed E-state index contributed by atoms with van der Waals surface area (Å²) in [4.78, 5) is 50.1. The average molecular weight is 463 g/mol. The zero-order valence-electron chi connectivity index (χ0n) is 16.6. The van der Waals surface area contributed by atoms with E-state index in [1.165, 1.54) is 6.92 Å². The molecule has 0 aliphatic carbocycles. The van der Waals surface area contributed by atoms with Crippen molar-refractivity contribution in [2.24, 2.45) is 7.05 Å². The molecule has 0 amide bonds. The van der Waals surface area contributed by atoms with Crippen molar-refractivity contribution in [1.29, 1.82) is 0 Å². The maximum atomic E-state index is 13.9. The number of H-pyrrole nitrogens is 1. The summed E-state index contributed by atoms with van der Waals surface area (Å²) in [7, 11) is 0.762. The molecule has 0 aliphatic heterocycles. The van der Waals surface area contributed by atoms with Crippen molar-refractivity contribution in [2.75, 3.05) is 0 Å². The highest BCUT2D eigenvalue weighted by Crippen LogP contribution is 2.42. The van der Waals surface area contributed by atoms with Crippen LogP contribution in [-0.4, -0.2) is 31.7 Å². The fourth-order valence-corrected chi connectivity index (χ4v) is 3.98. The standard InChI is InChI=1S/C19H18ClF3N2O6/c1-4-6-8-7(5-2)9(10(16(27)28)11(13(8)20)17(29)30)12-14(19(21,22)23)25(3)18(31)24-15(12)26/h4-6H2,1-3H3,(H,27,28)(H,29,30)(H,24,26,31). The topological polar surface area (TPSA) is 129 Å². The zero-order chi connectivity index (χ0) is 23.8. The number of nitrogens with one attached hydrogen (secondary N) is 1. The number of nitrogens with zero attached hydrogens (tertiary/aromatic N) is 1. The first-order valence-electron chi connectivity index (χ1n) is 9.04. The van der Waals surface area contributed by atoms with Crippen molar-refractivity contribution in [2.45, 2.75) is 39.3 Å². The summed E-state index contributed by atoms with van der Waals surface area (Å²) >= 11 is 6.19. The van der Waals surface area contributed by atoms with E-state index < -0.39 is 62.3 Å². The summed E-state index contributed by atoms with van der Waals surface area (Å²) < 4.78 is 41.9. The quantitative estimate of drug-likeness (QED) is 0.604. The number of aromatic amines is 1. The van der Waals surface area contributed by atoms with E-state index >= 15 is 0 Å². The lowest BCUT2D eigenvalue weighted by Crippen LogP contribution is -2.36. The second kappa shape index (κ2) is 8.58. The van der Waals surface area contributed by atoms with Crippen molar-refractivity contribution < 1.29 is 33.0 Å². The highest BCUT2D eigenvalue weighted by molar-refractivity contribution is 6.35. The third-order valence-electron chi connectivity index (χ3n) is 4.77. The monoisotopic (exact) mass is 462 g/mol. The number of hydrogen-bond donors (Lipinski definition) is 3. The molecule has 0 atom stereocenters. The Labute approximate surface area is 177 Å². The predicted octanol–water partition coefficient (Wildman–Crippen LogP) is 3.32. The molecule has 1 aromatic carbocycles. The van der Waals surface area contributed by atoms with Gasteiger partial charge in [0.05, 0.1) is 21.7 Å². The summed E-state index contributed by atoms with van der Waals surface area (Å²) in [6, 6.07) is 0. The Balaban J connectivity index is 3.37. The van der Waals surface area contributed by atoms with Crippen LogP contribution in [0.3, 0.4) is 0 Å². The van der Waals surface area contributed by atoms with Crippen LogP contribution in [0.15, 0.2) is 9.59 Å². The summed E-state index contributed by atoms with van der Waals surface area (Å²) in [5.41, 5.74) is -8.28. The van der Waals surface area contributed by atoms with Gasteiger partial charge < -0.3 is 10.2 Å². The summed E-state index contributed by atoms with van der Waals surface area (Å²) in [5, 5.41) is 18.9. The highest BCUT2D eigenvalue weighted by atomic mass is 35.5. The van der Waals surface area contributed by atoms with E-state index in [1.807, 2.05) is 0 Å². The minimum atomic E-state index is -5.23. The minimum absolute atomic E-state index is 0.0103. The molecule has 12 heteroatoms. The molecular formula is C19H18ClF3N2O6. The lowest BCUT2D eigenvalue weighted by atomic mass is 9.84. The Kier molecular flexibility index (Phi) is 6.69. The molecule has 1 aromatic heterocycles. The number of carbonyl (C=O) groups is 2. The van der Waals surface area contributed by atoms with Crippen molar-refractivity contribution in [1.82, 2.24) is 9.55 Å². The van der Waals surface area contributed by atoms with E-state index in [1.54, 1.807) is 11.9 Å². The molecule has 0 bridgehead atoms. The van der Waals surface area contributed by atoms with Gasteiger partial charge in [0.25, 0.3) is 5.56 Å². The van der Waals surface area contributed by atoms with Crippen LogP contribution in [-0.2, 0) is 26.1 Å². The van der Waals surface area contributed by atoms with E-state index in [0.29, 0.717) is 6.42 Å². The number of aromatic nitrogens is 2. The van der Waals surface area contributed by atoms with Crippen LogP contribution >= 0.6 is 11.6 Å². The fraction of sp³-hybridized carbons (Fsp3) is 0.368. The number of benzene rings is 1.